The second-order valence-corrected chi connectivity index (χ2v) is 13.0. The molecule has 0 bridgehead atoms. The Bertz CT molecular complexity index is 1340. The third-order valence-electron chi connectivity index (χ3n) is 6.91. The molecule has 3 N–H and O–H groups in total. The summed E-state index contributed by atoms with van der Waals surface area (Å²) in [4.78, 5) is 56.4. The van der Waals surface area contributed by atoms with Gasteiger partial charge in [-0.25, -0.2) is 9.78 Å². The Kier molecular flexibility index (Phi) is 13.3. The number of nitrogens with zero attached hydrogens (tertiary/aromatic N) is 2. The number of carbonyl (C=O) groups is 4. The van der Waals surface area contributed by atoms with Crippen LogP contribution in [-0.4, -0.2) is 59.3 Å². The molecular formula is C32H42Cl2N4O7. The molecule has 1 saturated carbocycles. The van der Waals surface area contributed by atoms with Crippen molar-refractivity contribution >= 4 is 52.9 Å². The summed E-state index contributed by atoms with van der Waals surface area (Å²) in [5.74, 6) is -0.651. The molecule has 0 radical (unpaired) electrons. The highest BCUT2D eigenvalue weighted by atomic mass is 35.5. The molecule has 0 spiro atoms. The minimum Gasteiger partial charge on any atom is -0.505 e. The van der Waals surface area contributed by atoms with Gasteiger partial charge in [0.05, 0.1) is 35.7 Å². The maximum Gasteiger partial charge on any atom is 0.416 e. The van der Waals surface area contributed by atoms with Crippen LogP contribution in [0, 0.1) is 12.8 Å². The number of hydrogen-bond acceptors (Lipinski definition) is 8. The number of anilines is 1. The molecule has 1 unspecified atom stereocenters. The van der Waals surface area contributed by atoms with Gasteiger partial charge in [-0.3, -0.25) is 19.3 Å². The Balaban J connectivity index is 1.50. The van der Waals surface area contributed by atoms with Gasteiger partial charge in [0.25, 0.3) is 0 Å². The molecule has 2 aromatic rings. The van der Waals surface area contributed by atoms with Gasteiger partial charge >= 0.3 is 12.1 Å². The summed E-state index contributed by atoms with van der Waals surface area (Å²) in [6.07, 6.45) is 5.03. The lowest BCUT2D eigenvalue weighted by atomic mass is 10.0. The minimum absolute atomic E-state index is 0.0319. The number of hydrogen-bond donors (Lipinski definition) is 3. The highest BCUT2D eigenvalue weighted by Gasteiger charge is 2.26. The fourth-order valence-corrected chi connectivity index (χ4v) is 4.87. The predicted molar refractivity (Wildman–Crippen MR) is 171 cm³/mol. The molecule has 3 amide bonds. The monoisotopic (exact) mass is 664 g/mol. The number of ether oxygens (including phenoxy) is 2. The van der Waals surface area contributed by atoms with E-state index in [2.05, 4.69) is 15.6 Å². The average Bonchev–Trinajstić information content (AvgIpc) is 3.77. The smallest absolute Gasteiger partial charge is 0.416 e. The number of phenols is 1. The van der Waals surface area contributed by atoms with Gasteiger partial charge in [0.2, 0.25) is 11.8 Å². The van der Waals surface area contributed by atoms with Crippen molar-refractivity contribution in [2.45, 2.75) is 84.3 Å². The van der Waals surface area contributed by atoms with Crippen molar-refractivity contribution in [2.24, 2.45) is 5.92 Å². The molecule has 1 aliphatic carbocycles. The molecular weight excluding hydrogens is 623 g/mol. The molecule has 11 nitrogen and oxygen atoms in total. The fourth-order valence-electron chi connectivity index (χ4n) is 4.36. The minimum atomic E-state index is -0.854. The molecule has 1 atom stereocenters. The van der Waals surface area contributed by atoms with Crippen molar-refractivity contribution in [2.75, 3.05) is 24.6 Å². The fraction of sp³-hybridized carbons (Fsp3) is 0.531. The third-order valence-corrected chi connectivity index (χ3v) is 7.48. The zero-order chi connectivity index (χ0) is 33.1. The van der Waals surface area contributed by atoms with Crippen molar-refractivity contribution in [3.8, 4) is 5.75 Å². The number of halogens is 2. The summed E-state index contributed by atoms with van der Waals surface area (Å²) in [5, 5.41) is 15.2. The van der Waals surface area contributed by atoms with Crippen LogP contribution in [0.1, 0.15) is 82.9 Å². The third kappa shape index (κ3) is 12.8. The summed E-state index contributed by atoms with van der Waals surface area (Å²) in [5.41, 5.74) is 0.658. The summed E-state index contributed by atoms with van der Waals surface area (Å²) in [7, 11) is 0. The quantitative estimate of drug-likeness (QED) is 0.155. The summed E-state index contributed by atoms with van der Waals surface area (Å²) >= 11 is 12.2. The zero-order valence-corrected chi connectivity index (χ0v) is 27.7. The van der Waals surface area contributed by atoms with Crippen LogP contribution < -0.4 is 15.5 Å². The largest absolute Gasteiger partial charge is 0.505 e. The molecule has 246 valence electrons. The van der Waals surface area contributed by atoms with Crippen LogP contribution in [-0.2, 0) is 23.9 Å². The maximum atomic E-state index is 12.9. The van der Waals surface area contributed by atoms with E-state index in [0.717, 1.165) is 24.8 Å². The summed E-state index contributed by atoms with van der Waals surface area (Å²) < 4.78 is 10.9. The van der Waals surface area contributed by atoms with Crippen molar-refractivity contribution in [1.29, 1.82) is 0 Å². The van der Waals surface area contributed by atoms with Crippen molar-refractivity contribution in [1.82, 2.24) is 15.6 Å². The molecule has 1 fully saturated rings. The van der Waals surface area contributed by atoms with E-state index in [1.54, 1.807) is 33.0 Å². The summed E-state index contributed by atoms with van der Waals surface area (Å²) in [6.45, 7) is 7.51. The van der Waals surface area contributed by atoms with E-state index in [9.17, 15) is 24.3 Å². The van der Waals surface area contributed by atoms with Crippen LogP contribution in [0.25, 0.3) is 0 Å². The lowest BCUT2D eigenvalue weighted by molar-refractivity contribution is -0.144. The lowest BCUT2D eigenvalue weighted by Crippen LogP contribution is -2.39. The first kappa shape index (κ1) is 35.9. The molecule has 1 heterocycles. The molecule has 45 heavy (non-hydrogen) atoms. The summed E-state index contributed by atoms with van der Waals surface area (Å²) in [6, 6.07) is 5.59. The molecule has 3 rings (SSSR count). The van der Waals surface area contributed by atoms with Gasteiger partial charge in [0.15, 0.2) is 5.75 Å². The Morgan fingerprint density at radius 2 is 1.78 bits per heavy atom. The Morgan fingerprint density at radius 1 is 1.09 bits per heavy atom. The van der Waals surface area contributed by atoms with E-state index >= 15 is 0 Å². The van der Waals surface area contributed by atoms with Crippen LogP contribution in [0.4, 0.5) is 10.6 Å². The first-order chi connectivity index (χ1) is 21.2. The van der Waals surface area contributed by atoms with E-state index in [0.29, 0.717) is 36.7 Å². The number of rotatable bonds is 15. The zero-order valence-electron chi connectivity index (χ0n) is 26.2. The van der Waals surface area contributed by atoms with Crippen LogP contribution in [0.3, 0.4) is 0 Å². The molecule has 1 aromatic heterocycles. The normalized spacial score (nSPS) is 13.5. The Morgan fingerprint density at radius 3 is 2.40 bits per heavy atom. The van der Waals surface area contributed by atoms with Crippen molar-refractivity contribution < 1.29 is 33.8 Å². The van der Waals surface area contributed by atoms with Gasteiger partial charge in [0.1, 0.15) is 11.4 Å². The van der Waals surface area contributed by atoms with E-state index in [4.69, 9.17) is 32.7 Å². The number of aryl methyl sites for hydroxylation is 1. The number of esters is 1. The van der Waals surface area contributed by atoms with Gasteiger partial charge in [-0.15, -0.1) is 0 Å². The van der Waals surface area contributed by atoms with Gasteiger partial charge in [-0.2, -0.15) is 0 Å². The number of benzene rings is 1. The topological polar surface area (TPSA) is 147 Å². The van der Waals surface area contributed by atoms with E-state index in [1.807, 2.05) is 13.0 Å². The lowest BCUT2D eigenvalue weighted by Gasteiger charge is -2.27. The van der Waals surface area contributed by atoms with E-state index in [1.165, 1.54) is 17.0 Å². The first-order valence-corrected chi connectivity index (χ1v) is 15.8. The Hall–Kier alpha value is -3.57. The number of phenolic OH excluding ortho intramolecular Hbond substituents is 1. The van der Waals surface area contributed by atoms with Gasteiger partial charge in [-0.05, 0) is 88.3 Å². The van der Waals surface area contributed by atoms with Crippen molar-refractivity contribution in [3.05, 3.63) is 51.6 Å². The van der Waals surface area contributed by atoms with Gasteiger partial charge < -0.3 is 25.2 Å². The highest BCUT2D eigenvalue weighted by molar-refractivity contribution is 6.37. The number of amides is 3. The Labute approximate surface area is 273 Å². The number of unbranched alkanes of at least 4 members (excludes halogenated alkanes) is 1. The van der Waals surface area contributed by atoms with E-state index in [-0.39, 0.29) is 47.6 Å². The van der Waals surface area contributed by atoms with Crippen LogP contribution >= 0.6 is 23.2 Å². The molecule has 0 saturated heterocycles. The maximum absolute atomic E-state index is 12.9. The van der Waals surface area contributed by atoms with Crippen LogP contribution in [0.2, 0.25) is 10.0 Å². The van der Waals surface area contributed by atoms with Gasteiger partial charge in [0, 0.05) is 19.2 Å². The second-order valence-electron chi connectivity index (χ2n) is 12.2. The number of nitrogens with one attached hydrogen (secondary N) is 2. The standard InChI is InChI=1S/C32H42Cl2N4O7/c1-20-10-12-35-26(15-20)38(31(43)45-32(2,3)4)13-6-5-7-27(39)36-19-28(40)37-25(18-29(41)44-14-11-21-8-9-21)22-16-23(33)30(42)24(34)17-22/h10,12,15-17,21,25,42H,5-9,11,13-14,18-19H2,1-4H3,(H,36,39)(H,37,40). The highest BCUT2D eigenvalue weighted by Crippen LogP contribution is 2.35. The number of carbonyl (C=O) groups excluding carboxylic acids is 4. The number of aromatic nitrogens is 1. The average molecular weight is 666 g/mol. The number of aromatic hydroxyl groups is 1. The first-order valence-electron chi connectivity index (χ1n) is 15.0. The molecule has 0 aliphatic heterocycles. The van der Waals surface area contributed by atoms with Crippen LogP contribution in [0.5, 0.6) is 5.75 Å². The predicted octanol–water partition coefficient (Wildman–Crippen LogP) is 6.02. The second kappa shape index (κ2) is 16.7. The molecule has 1 aliphatic rings. The number of pyridine rings is 1. The van der Waals surface area contributed by atoms with E-state index < -0.39 is 29.6 Å². The SMILES string of the molecule is Cc1ccnc(N(CCCCC(=O)NCC(=O)NC(CC(=O)OCCC2CC2)c2cc(Cl)c(O)c(Cl)c2)C(=O)OC(C)(C)C)c1. The van der Waals surface area contributed by atoms with Gasteiger partial charge in [-0.1, -0.05) is 36.0 Å². The van der Waals surface area contributed by atoms with Crippen LogP contribution in [0.15, 0.2) is 30.5 Å². The molecule has 13 heteroatoms. The van der Waals surface area contributed by atoms with Crippen molar-refractivity contribution in [3.63, 3.8) is 0 Å². The molecule has 1 aromatic carbocycles.